The molecule has 0 N–H and O–H groups in total. The minimum atomic E-state index is -0.880. The van der Waals surface area contributed by atoms with E-state index in [1.54, 1.807) is 50.3 Å². The summed E-state index contributed by atoms with van der Waals surface area (Å²) in [4.78, 5) is 42.8. The van der Waals surface area contributed by atoms with Crippen LogP contribution in [0.5, 0.6) is 11.5 Å². The van der Waals surface area contributed by atoms with Crippen molar-refractivity contribution in [1.29, 1.82) is 0 Å². The topological polar surface area (TPSA) is 135 Å². The van der Waals surface area contributed by atoms with Gasteiger partial charge >= 0.3 is 5.97 Å². The van der Waals surface area contributed by atoms with Gasteiger partial charge in [0.15, 0.2) is 16.3 Å². The smallest absolute Gasteiger partial charge is 0.338 e. The lowest BCUT2D eigenvalue weighted by atomic mass is 9.95. The fourth-order valence-corrected chi connectivity index (χ4v) is 6.81. The number of hydrogen-bond acceptors (Lipinski definition) is 10. The second-order valence-corrected chi connectivity index (χ2v) is 11.9. The number of halogens is 2. The van der Waals surface area contributed by atoms with Crippen molar-refractivity contribution < 1.29 is 28.3 Å². The van der Waals surface area contributed by atoms with E-state index in [4.69, 9.17) is 18.6 Å². The van der Waals surface area contributed by atoms with Crippen LogP contribution in [0.25, 0.3) is 17.4 Å². The molecule has 0 bridgehead atoms. The van der Waals surface area contributed by atoms with Crippen LogP contribution in [0.15, 0.2) is 76.9 Å². The summed E-state index contributed by atoms with van der Waals surface area (Å²) in [5, 5.41) is 11.1. The summed E-state index contributed by atoms with van der Waals surface area (Å²) in [6.45, 7) is 3.55. The molecule has 4 aromatic rings. The van der Waals surface area contributed by atoms with Gasteiger partial charge in [0.2, 0.25) is 0 Å². The van der Waals surface area contributed by atoms with E-state index in [2.05, 4.69) is 36.9 Å². The van der Waals surface area contributed by atoms with E-state index in [9.17, 15) is 19.7 Å². The van der Waals surface area contributed by atoms with Gasteiger partial charge in [-0.2, -0.15) is 0 Å². The highest BCUT2D eigenvalue weighted by molar-refractivity contribution is 9.10. The van der Waals surface area contributed by atoms with Crippen LogP contribution in [0.2, 0.25) is 0 Å². The van der Waals surface area contributed by atoms with Crippen molar-refractivity contribution in [3.05, 3.63) is 104 Å². The molecule has 0 fully saturated rings. The summed E-state index contributed by atoms with van der Waals surface area (Å²) in [5.74, 6) is 1.14. The molecule has 0 aliphatic carbocycles. The largest absolute Gasteiger partial charge is 0.493 e. The lowest BCUT2D eigenvalue weighted by molar-refractivity contribution is -0.384. The molecule has 0 saturated carbocycles. The second kappa shape index (κ2) is 12.3. The molecule has 2 aromatic heterocycles. The average Bonchev–Trinajstić information content (AvgIpc) is 3.56. The van der Waals surface area contributed by atoms with Gasteiger partial charge in [0.25, 0.3) is 11.2 Å². The van der Waals surface area contributed by atoms with E-state index < -0.39 is 16.9 Å². The summed E-state index contributed by atoms with van der Waals surface area (Å²) in [6.07, 6.45) is 1.59. The summed E-state index contributed by atoms with van der Waals surface area (Å²) >= 11 is 8.10. The van der Waals surface area contributed by atoms with Crippen molar-refractivity contribution in [3.8, 4) is 22.8 Å². The maximum Gasteiger partial charge on any atom is 0.338 e. The Hall–Kier alpha value is -4.01. The number of carbonyl (C=O) groups excluding carboxylic acids is 1. The first-order chi connectivity index (χ1) is 20.6. The van der Waals surface area contributed by atoms with E-state index in [1.807, 2.05) is 0 Å². The summed E-state index contributed by atoms with van der Waals surface area (Å²) in [7, 11) is 3.02. The molecular formula is C29H23Br2N3O8S. The zero-order valence-corrected chi connectivity index (χ0v) is 27.2. The molecule has 14 heteroatoms. The number of nitro benzene ring substituents is 1. The Morgan fingerprint density at radius 3 is 2.51 bits per heavy atom. The number of non-ortho nitro benzene ring substituents is 1. The normalized spacial score (nSPS) is 14.7. The Kier molecular flexibility index (Phi) is 8.71. The minimum Gasteiger partial charge on any atom is -0.493 e. The maximum absolute atomic E-state index is 14.0. The predicted octanol–water partition coefficient (Wildman–Crippen LogP) is 5.51. The van der Waals surface area contributed by atoms with E-state index in [-0.39, 0.29) is 23.4 Å². The average molecular weight is 733 g/mol. The number of aromatic nitrogens is 1. The third-order valence-electron chi connectivity index (χ3n) is 6.64. The first kappa shape index (κ1) is 30.4. The second-order valence-electron chi connectivity index (χ2n) is 9.15. The summed E-state index contributed by atoms with van der Waals surface area (Å²) < 4.78 is 25.2. The van der Waals surface area contributed by atoms with Crippen molar-refractivity contribution in [3.63, 3.8) is 0 Å². The molecule has 222 valence electrons. The SMILES string of the molecule is CCOC(=O)C1=C(C)N=c2s/c(=C\c3ccc(-c4ccc([N+](=O)[O-])cc4Br)o3)c(=O)n2[C@H]1c1cc(OC)c(OC)cc1Br. The molecule has 5 rings (SSSR count). The van der Waals surface area contributed by atoms with Crippen molar-refractivity contribution in [2.45, 2.75) is 19.9 Å². The van der Waals surface area contributed by atoms with Crippen LogP contribution in [-0.2, 0) is 9.53 Å². The monoisotopic (exact) mass is 731 g/mol. The number of carbonyl (C=O) groups is 1. The third kappa shape index (κ3) is 5.69. The lowest BCUT2D eigenvalue weighted by Crippen LogP contribution is -2.40. The minimum absolute atomic E-state index is 0.0586. The first-order valence-corrected chi connectivity index (χ1v) is 15.1. The number of fused-ring (bicyclic) bond motifs is 1. The third-order valence-corrected chi connectivity index (χ3v) is 8.97. The molecule has 0 spiro atoms. The van der Waals surface area contributed by atoms with Crippen LogP contribution in [0.1, 0.15) is 31.2 Å². The first-order valence-electron chi connectivity index (χ1n) is 12.7. The van der Waals surface area contributed by atoms with Gasteiger partial charge < -0.3 is 18.6 Å². The number of benzene rings is 2. The molecule has 0 unspecified atom stereocenters. The lowest BCUT2D eigenvalue weighted by Gasteiger charge is -2.26. The number of allylic oxidation sites excluding steroid dienone is 1. The Morgan fingerprint density at radius 2 is 1.86 bits per heavy atom. The van der Waals surface area contributed by atoms with Gasteiger partial charge in [0, 0.05) is 32.7 Å². The van der Waals surface area contributed by atoms with E-state index in [0.29, 0.717) is 58.1 Å². The van der Waals surface area contributed by atoms with Gasteiger partial charge in [-0.3, -0.25) is 19.5 Å². The Labute approximate surface area is 265 Å². The molecule has 0 amide bonds. The van der Waals surface area contributed by atoms with Crippen molar-refractivity contribution in [2.75, 3.05) is 20.8 Å². The molecule has 43 heavy (non-hydrogen) atoms. The van der Waals surface area contributed by atoms with Crippen LogP contribution in [0.3, 0.4) is 0 Å². The number of furan rings is 1. The molecule has 1 atom stereocenters. The fraction of sp³-hybridized carbons (Fsp3) is 0.207. The number of nitrogens with zero attached hydrogens (tertiary/aromatic N) is 3. The van der Waals surface area contributed by atoms with Crippen molar-refractivity contribution in [2.24, 2.45) is 4.99 Å². The van der Waals surface area contributed by atoms with Crippen LogP contribution < -0.4 is 24.4 Å². The Morgan fingerprint density at radius 1 is 1.14 bits per heavy atom. The fourth-order valence-electron chi connectivity index (χ4n) is 4.69. The van der Waals surface area contributed by atoms with Crippen LogP contribution in [-0.4, -0.2) is 36.3 Å². The highest BCUT2D eigenvalue weighted by atomic mass is 79.9. The number of hydrogen-bond donors (Lipinski definition) is 0. The number of nitro groups is 1. The molecule has 11 nitrogen and oxygen atoms in total. The van der Waals surface area contributed by atoms with Gasteiger partial charge in [-0.15, -0.1) is 0 Å². The quantitative estimate of drug-likeness (QED) is 0.132. The molecule has 0 saturated heterocycles. The molecule has 1 aliphatic rings. The number of methoxy groups -OCH3 is 2. The molecule has 2 aromatic carbocycles. The zero-order valence-electron chi connectivity index (χ0n) is 23.2. The standard InChI is InChI=1S/C29H23Br2N3O8S/c1-5-41-28(36)25-14(2)32-29-33(26(25)18-12-22(39-3)23(40-4)13-20(18)31)27(35)24(43-29)11-16-7-9-21(42-16)17-8-6-15(34(37)38)10-19(17)30/h6-13,26H,5H2,1-4H3/b24-11-/t26-/m0/s1. The van der Waals surface area contributed by atoms with Gasteiger partial charge in [-0.25, -0.2) is 9.79 Å². The van der Waals surface area contributed by atoms with Gasteiger partial charge in [0.1, 0.15) is 11.5 Å². The molecule has 1 aliphatic heterocycles. The van der Waals surface area contributed by atoms with E-state index in [0.717, 1.165) is 11.3 Å². The summed E-state index contributed by atoms with van der Waals surface area (Å²) in [5.41, 5.74) is 1.37. The number of thiazole rings is 1. The van der Waals surface area contributed by atoms with Gasteiger partial charge in [-0.05, 0) is 65.7 Å². The highest BCUT2D eigenvalue weighted by Crippen LogP contribution is 2.41. The van der Waals surface area contributed by atoms with Gasteiger partial charge in [0.05, 0.1) is 47.6 Å². The number of rotatable bonds is 8. The van der Waals surface area contributed by atoms with E-state index in [1.165, 1.54) is 30.9 Å². The zero-order chi connectivity index (χ0) is 31.0. The Balaban J connectivity index is 1.66. The predicted molar refractivity (Wildman–Crippen MR) is 166 cm³/mol. The van der Waals surface area contributed by atoms with Crippen LogP contribution >= 0.6 is 43.2 Å². The van der Waals surface area contributed by atoms with Crippen molar-refractivity contribution >= 4 is 60.9 Å². The van der Waals surface area contributed by atoms with E-state index >= 15 is 0 Å². The number of ether oxygens (including phenoxy) is 3. The maximum atomic E-state index is 14.0. The number of esters is 1. The van der Waals surface area contributed by atoms with Crippen LogP contribution in [0.4, 0.5) is 5.69 Å². The molecular weight excluding hydrogens is 710 g/mol. The molecule has 3 heterocycles. The molecule has 0 radical (unpaired) electrons. The van der Waals surface area contributed by atoms with Crippen molar-refractivity contribution in [1.82, 2.24) is 4.57 Å². The van der Waals surface area contributed by atoms with Gasteiger partial charge in [-0.1, -0.05) is 27.3 Å². The summed E-state index contributed by atoms with van der Waals surface area (Å²) in [6, 6.07) is 10.3. The Bertz CT molecular complexity index is 1990. The van der Waals surface area contributed by atoms with Crippen LogP contribution in [0, 0.1) is 10.1 Å². The highest BCUT2D eigenvalue weighted by Gasteiger charge is 2.35.